The minimum atomic E-state index is -0.366. The molecule has 5 nitrogen and oxygen atoms in total. The minimum Gasteiger partial charge on any atom is -0.491 e. The highest BCUT2D eigenvalue weighted by atomic mass is 16.5. The molecule has 0 aliphatic rings. The molecular weight excluding hydrogens is 268 g/mol. The van der Waals surface area contributed by atoms with E-state index in [-0.39, 0.29) is 12.1 Å². The molecule has 3 N–H and O–H groups in total. The number of carbonyl (C=O) groups is 1. The van der Waals surface area contributed by atoms with Crippen LogP contribution in [0.5, 0.6) is 5.75 Å². The van der Waals surface area contributed by atoms with E-state index in [0.29, 0.717) is 37.4 Å². The zero-order valence-electron chi connectivity index (χ0n) is 12.9. The van der Waals surface area contributed by atoms with Gasteiger partial charge in [-0.3, -0.25) is 0 Å². The molecule has 1 aromatic rings. The number of urea groups is 1. The van der Waals surface area contributed by atoms with Gasteiger partial charge in [-0.05, 0) is 31.4 Å². The lowest BCUT2D eigenvalue weighted by molar-refractivity contribution is 0.160. The first-order valence-corrected chi connectivity index (χ1v) is 7.62. The van der Waals surface area contributed by atoms with Crippen molar-refractivity contribution in [2.75, 3.05) is 18.5 Å². The Bertz CT molecular complexity index is 424. The lowest BCUT2D eigenvalue weighted by Crippen LogP contribution is -2.31. The van der Waals surface area contributed by atoms with Crippen LogP contribution in [0.1, 0.15) is 39.5 Å². The molecule has 0 heterocycles. The predicted octanol–water partition coefficient (Wildman–Crippen LogP) is 3.15. The van der Waals surface area contributed by atoms with E-state index in [0.717, 1.165) is 12.8 Å². The monoisotopic (exact) mass is 294 g/mol. The van der Waals surface area contributed by atoms with E-state index in [9.17, 15) is 9.90 Å². The molecule has 1 atom stereocenters. The maximum atomic E-state index is 11.8. The Morgan fingerprint density at radius 2 is 2.10 bits per heavy atom. The molecule has 0 aliphatic heterocycles. The number of nitrogens with one attached hydrogen (secondary N) is 2. The Morgan fingerprint density at radius 1 is 1.33 bits per heavy atom. The molecule has 0 radical (unpaired) electrons. The molecular formula is C16H26N2O3. The van der Waals surface area contributed by atoms with Crippen LogP contribution in [-0.2, 0) is 0 Å². The molecule has 2 amide bonds. The lowest BCUT2D eigenvalue weighted by Gasteiger charge is -2.13. The second kappa shape index (κ2) is 10.0. The normalized spacial score (nSPS) is 11.8. The number of anilines is 1. The topological polar surface area (TPSA) is 70.6 Å². The third-order valence-corrected chi connectivity index (χ3v) is 3.13. The molecule has 21 heavy (non-hydrogen) atoms. The van der Waals surface area contributed by atoms with Crippen molar-refractivity contribution in [2.24, 2.45) is 0 Å². The van der Waals surface area contributed by atoms with Crippen LogP contribution < -0.4 is 15.4 Å². The van der Waals surface area contributed by atoms with Crippen LogP contribution in [0.4, 0.5) is 10.5 Å². The Kier molecular flexibility index (Phi) is 8.28. The van der Waals surface area contributed by atoms with Gasteiger partial charge in [-0.2, -0.15) is 0 Å². The SMILES string of the molecule is CCCCOc1ccccc1NC(=O)NCCC(O)CC. The van der Waals surface area contributed by atoms with E-state index >= 15 is 0 Å². The number of para-hydroxylation sites is 2. The molecule has 5 heteroatoms. The fourth-order valence-corrected chi connectivity index (χ4v) is 1.75. The maximum absolute atomic E-state index is 11.8. The zero-order valence-corrected chi connectivity index (χ0v) is 12.9. The van der Waals surface area contributed by atoms with Crippen LogP contribution in [0.2, 0.25) is 0 Å². The van der Waals surface area contributed by atoms with Crippen molar-refractivity contribution in [1.82, 2.24) is 5.32 Å². The van der Waals surface area contributed by atoms with Crippen LogP contribution in [0.3, 0.4) is 0 Å². The number of hydrogen-bond acceptors (Lipinski definition) is 3. The van der Waals surface area contributed by atoms with Crippen molar-refractivity contribution in [3.05, 3.63) is 24.3 Å². The van der Waals surface area contributed by atoms with E-state index in [1.165, 1.54) is 0 Å². The summed E-state index contributed by atoms with van der Waals surface area (Å²) in [5.41, 5.74) is 0.655. The highest BCUT2D eigenvalue weighted by molar-refractivity contribution is 5.90. The number of ether oxygens (including phenoxy) is 1. The highest BCUT2D eigenvalue weighted by Gasteiger charge is 2.07. The minimum absolute atomic E-state index is 0.287. The first kappa shape index (κ1) is 17.3. The molecule has 0 fully saturated rings. The Balaban J connectivity index is 2.44. The van der Waals surface area contributed by atoms with E-state index in [2.05, 4.69) is 17.6 Å². The van der Waals surface area contributed by atoms with Crippen LogP contribution in [0.15, 0.2) is 24.3 Å². The van der Waals surface area contributed by atoms with Gasteiger partial charge >= 0.3 is 6.03 Å². The molecule has 0 spiro atoms. The van der Waals surface area contributed by atoms with Gasteiger partial charge in [-0.1, -0.05) is 32.4 Å². The summed E-state index contributed by atoms with van der Waals surface area (Å²) in [4.78, 5) is 11.8. The van der Waals surface area contributed by atoms with Gasteiger partial charge in [0.25, 0.3) is 0 Å². The molecule has 1 aromatic carbocycles. The second-order valence-corrected chi connectivity index (χ2v) is 4.93. The predicted molar refractivity (Wildman–Crippen MR) is 84.8 cm³/mol. The quantitative estimate of drug-likeness (QED) is 0.613. The third kappa shape index (κ3) is 6.99. The molecule has 0 saturated heterocycles. The van der Waals surface area contributed by atoms with E-state index in [1.54, 1.807) is 0 Å². The van der Waals surface area contributed by atoms with E-state index in [1.807, 2.05) is 31.2 Å². The number of carbonyl (C=O) groups excluding carboxylic acids is 1. The molecule has 0 aliphatic carbocycles. The summed E-state index contributed by atoms with van der Waals surface area (Å²) in [7, 11) is 0. The van der Waals surface area contributed by atoms with E-state index in [4.69, 9.17) is 4.74 Å². The van der Waals surface area contributed by atoms with Crippen molar-refractivity contribution in [3.8, 4) is 5.75 Å². The van der Waals surface area contributed by atoms with Crippen molar-refractivity contribution in [2.45, 2.75) is 45.6 Å². The Morgan fingerprint density at radius 3 is 2.81 bits per heavy atom. The summed E-state index contributed by atoms with van der Waals surface area (Å²) in [6.45, 7) is 5.10. The van der Waals surface area contributed by atoms with Crippen LogP contribution in [-0.4, -0.2) is 30.4 Å². The van der Waals surface area contributed by atoms with Gasteiger partial charge in [0.1, 0.15) is 5.75 Å². The average molecular weight is 294 g/mol. The number of rotatable bonds is 9. The number of benzene rings is 1. The number of amides is 2. The third-order valence-electron chi connectivity index (χ3n) is 3.13. The van der Waals surface area contributed by atoms with Crippen molar-refractivity contribution in [3.63, 3.8) is 0 Å². The first-order valence-electron chi connectivity index (χ1n) is 7.62. The molecule has 0 aromatic heterocycles. The number of hydrogen-bond donors (Lipinski definition) is 3. The van der Waals surface area contributed by atoms with Crippen LogP contribution >= 0.6 is 0 Å². The average Bonchev–Trinajstić information content (AvgIpc) is 2.49. The van der Waals surface area contributed by atoms with Crippen molar-refractivity contribution < 1.29 is 14.6 Å². The van der Waals surface area contributed by atoms with Gasteiger partial charge in [0.15, 0.2) is 0 Å². The van der Waals surface area contributed by atoms with Gasteiger partial charge in [0, 0.05) is 6.54 Å². The number of unbranched alkanes of at least 4 members (excludes halogenated alkanes) is 1. The molecule has 0 saturated carbocycles. The fourth-order valence-electron chi connectivity index (χ4n) is 1.75. The maximum Gasteiger partial charge on any atom is 0.319 e. The molecule has 1 unspecified atom stereocenters. The summed E-state index contributed by atoms with van der Waals surface area (Å²) in [5, 5.41) is 14.9. The summed E-state index contributed by atoms with van der Waals surface area (Å²) >= 11 is 0. The number of aliphatic hydroxyl groups is 1. The summed E-state index contributed by atoms with van der Waals surface area (Å²) < 4.78 is 5.66. The van der Waals surface area contributed by atoms with Crippen molar-refractivity contribution >= 4 is 11.7 Å². The highest BCUT2D eigenvalue weighted by Crippen LogP contribution is 2.23. The summed E-state index contributed by atoms with van der Waals surface area (Å²) in [6.07, 6.45) is 2.93. The van der Waals surface area contributed by atoms with Gasteiger partial charge in [-0.25, -0.2) is 4.79 Å². The summed E-state index contributed by atoms with van der Waals surface area (Å²) in [5.74, 6) is 0.676. The smallest absolute Gasteiger partial charge is 0.319 e. The van der Waals surface area contributed by atoms with Gasteiger partial charge in [0.2, 0.25) is 0 Å². The zero-order chi connectivity index (χ0) is 15.5. The second-order valence-electron chi connectivity index (χ2n) is 4.93. The van der Waals surface area contributed by atoms with Crippen LogP contribution in [0.25, 0.3) is 0 Å². The lowest BCUT2D eigenvalue weighted by atomic mass is 10.2. The first-order chi connectivity index (χ1) is 10.2. The standard InChI is InChI=1S/C16H26N2O3/c1-3-5-12-21-15-9-7-6-8-14(15)18-16(20)17-11-10-13(19)4-2/h6-9,13,19H,3-5,10-12H2,1-2H3,(H2,17,18,20). The van der Waals surface area contributed by atoms with Gasteiger partial charge < -0.3 is 20.5 Å². The molecule has 118 valence electrons. The molecule has 0 bridgehead atoms. The number of aliphatic hydroxyl groups excluding tert-OH is 1. The Hall–Kier alpha value is -1.75. The largest absolute Gasteiger partial charge is 0.491 e. The summed E-state index contributed by atoms with van der Waals surface area (Å²) in [6, 6.07) is 7.09. The van der Waals surface area contributed by atoms with Gasteiger partial charge in [0.05, 0.1) is 18.4 Å². The van der Waals surface area contributed by atoms with E-state index < -0.39 is 0 Å². The van der Waals surface area contributed by atoms with Crippen LogP contribution in [0, 0.1) is 0 Å². The van der Waals surface area contributed by atoms with Gasteiger partial charge in [-0.15, -0.1) is 0 Å². The molecule has 1 rings (SSSR count). The Labute approximate surface area is 126 Å². The van der Waals surface area contributed by atoms with Crippen molar-refractivity contribution in [1.29, 1.82) is 0 Å². The fraction of sp³-hybridized carbons (Fsp3) is 0.562.